The molecule has 0 saturated carbocycles. The van der Waals surface area contributed by atoms with E-state index in [9.17, 15) is 9.18 Å². The Morgan fingerprint density at radius 1 is 1.06 bits per heavy atom. The maximum Gasteiger partial charge on any atom is 0.255 e. The number of pyridine rings is 1. The molecule has 1 atom stereocenters. The minimum atomic E-state index is -0.318. The summed E-state index contributed by atoms with van der Waals surface area (Å²) in [6, 6.07) is 12.0. The number of halogens is 1. The summed E-state index contributed by atoms with van der Waals surface area (Å²) < 4.78 is 16.3. The zero-order chi connectivity index (χ0) is 24.4. The van der Waals surface area contributed by atoms with Crippen LogP contribution in [-0.4, -0.2) is 62.7 Å². The van der Waals surface area contributed by atoms with Crippen molar-refractivity contribution >= 4 is 11.9 Å². The van der Waals surface area contributed by atoms with Crippen LogP contribution >= 0.6 is 0 Å². The average molecular weight is 472 g/mol. The van der Waals surface area contributed by atoms with Crippen molar-refractivity contribution in [2.75, 3.05) is 32.1 Å². The molecule has 178 valence electrons. The molecule has 1 aliphatic rings. The highest BCUT2D eigenvalue weighted by Crippen LogP contribution is 2.35. The minimum Gasteiger partial charge on any atom is -0.347 e. The number of anilines is 1. The minimum absolute atomic E-state index is 0.0414. The van der Waals surface area contributed by atoms with Gasteiger partial charge in [-0.1, -0.05) is 18.2 Å². The summed E-state index contributed by atoms with van der Waals surface area (Å²) in [6.07, 6.45) is 8.44. The summed E-state index contributed by atoms with van der Waals surface area (Å²) in [7, 11) is 3.75. The van der Waals surface area contributed by atoms with Gasteiger partial charge in [-0.05, 0) is 37.1 Å². The lowest BCUT2D eigenvalue weighted by atomic mass is 9.89. The van der Waals surface area contributed by atoms with E-state index in [0.29, 0.717) is 41.5 Å². The van der Waals surface area contributed by atoms with Crippen molar-refractivity contribution in [1.82, 2.24) is 29.6 Å². The fourth-order valence-corrected chi connectivity index (χ4v) is 4.42. The zero-order valence-corrected chi connectivity index (χ0v) is 19.7. The van der Waals surface area contributed by atoms with E-state index in [1.807, 2.05) is 30.0 Å². The van der Waals surface area contributed by atoms with E-state index >= 15 is 0 Å². The van der Waals surface area contributed by atoms with Crippen LogP contribution in [0.5, 0.6) is 0 Å². The molecule has 1 amide bonds. The zero-order valence-electron chi connectivity index (χ0n) is 19.7. The van der Waals surface area contributed by atoms with Crippen molar-refractivity contribution in [1.29, 1.82) is 0 Å². The summed E-state index contributed by atoms with van der Waals surface area (Å²) in [5, 5.41) is 4.17. The maximum absolute atomic E-state index is 14.7. The summed E-state index contributed by atoms with van der Waals surface area (Å²) in [4.78, 5) is 30.6. The highest BCUT2D eigenvalue weighted by molar-refractivity contribution is 5.94. The van der Waals surface area contributed by atoms with Gasteiger partial charge >= 0.3 is 0 Å². The van der Waals surface area contributed by atoms with Crippen LogP contribution in [0.1, 0.15) is 34.8 Å². The number of carbonyl (C=O) groups is 1. The SMILES string of the molecule is CN(C)c1ncc(-c2ccccc2F)c(C2CCCN(C(=O)c3ccc(-n4cccn4)nc3)C2)n1. The number of benzene rings is 1. The lowest BCUT2D eigenvalue weighted by molar-refractivity contribution is 0.0705. The molecule has 0 spiro atoms. The monoisotopic (exact) mass is 471 g/mol. The van der Waals surface area contributed by atoms with Gasteiger partial charge in [0.25, 0.3) is 5.91 Å². The quantitative estimate of drug-likeness (QED) is 0.439. The molecule has 0 aliphatic carbocycles. The van der Waals surface area contributed by atoms with Gasteiger partial charge in [-0.15, -0.1) is 0 Å². The van der Waals surface area contributed by atoms with Crippen LogP contribution in [0.15, 0.2) is 67.3 Å². The van der Waals surface area contributed by atoms with Crippen molar-refractivity contribution in [3.8, 4) is 16.9 Å². The van der Waals surface area contributed by atoms with Gasteiger partial charge in [-0.3, -0.25) is 4.79 Å². The summed E-state index contributed by atoms with van der Waals surface area (Å²) >= 11 is 0. The fraction of sp³-hybridized carbons (Fsp3) is 0.269. The first kappa shape index (κ1) is 22.6. The standard InChI is InChI=1S/C26H26FN7O/c1-32(2)26-29-16-21(20-8-3-4-9-22(20)27)24(31-26)19-7-5-13-33(17-19)25(35)18-10-11-23(28-15-18)34-14-6-12-30-34/h3-4,6,8-12,14-16,19H,5,7,13,17H2,1-2H3. The number of rotatable bonds is 5. The molecule has 1 aliphatic heterocycles. The van der Waals surface area contributed by atoms with Crippen LogP contribution in [0.25, 0.3) is 16.9 Å². The summed E-state index contributed by atoms with van der Waals surface area (Å²) in [5.41, 5.74) is 2.42. The number of carbonyl (C=O) groups excluding carboxylic acids is 1. The predicted octanol–water partition coefficient (Wildman–Crippen LogP) is 3.95. The molecule has 9 heteroatoms. The van der Waals surface area contributed by atoms with E-state index < -0.39 is 0 Å². The predicted molar refractivity (Wildman–Crippen MR) is 131 cm³/mol. The molecule has 4 heterocycles. The molecule has 0 bridgehead atoms. The Hall–Kier alpha value is -4.14. The molecular formula is C26H26FN7O. The summed E-state index contributed by atoms with van der Waals surface area (Å²) in [5.74, 6) is 0.766. The number of amides is 1. The van der Waals surface area contributed by atoms with E-state index in [2.05, 4.69) is 15.1 Å². The van der Waals surface area contributed by atoms with Gasteiger partial charge in [-0.25, -0.2) is 24.0 Å². The first-order chi connectivity index (χ1) is 17.0. The van der Waals surface area contributed by atoms with Gasteiger partial charge in [-0.2, -0.15) is 5.10 Å². The Morgan fingerprint density at radius 3 is 2.63 bits per heavy atom. The van der Waals surface area contributed by atoms with Crippen molar-refractivity contribution in [2.45, 2.75) is 18.8 Å². The molecular weight excluding hydrogens is 445 g/mol. The number of hydrogen-bond acceptors (Lipinski definition) is 6. The fourth-order valence-electron chi connectivity index (χ4n) is 4.42. The molecule has 1 fully saturated rings. The molecule has 8 nitrogen and oxygen atoms in total. The van der Waals surface area contributed by atoms with Crippen LogP contribution in [0.3, 0.4) is 0 Å². The molecule has 4 aromatic rings. The topological polar surface area (TPSA) is 80.0 Å². The molecule has 5 rings (SSSR count). The Morgan fingerprint density at radius 2 is 1.91 bits per heavy atom. The van der Waals surface area contributed by atoms with E-state index in [4.69, 9.17) is 4.98 Å². The van der Waals surface area contributed by atoms with Crippen molar-refractivity contribution in [3.05, 3.63) is 84.3 Å². The summed E-state index contributed by atoms with van der Waals surface area (Å²) in [6.45, 7) is 1.14. The van der Waals surface area contributed by atoms with E-state index in [0.717, 1.165) is 18.5 Å². The second kappa shape index (κ2) is 9.61. The Kier molecular flexibility index (Phi) is 6.22. The first-order valence-corrected chi connectivity index (χ1v) is 11.6. The number of hydrogen-bond donors (Lipinski definition) is 0. The largest absolute Gasteiger partial charge is 0.347 e. The normalized spacial score (nSPS) is 15.7. The van der Waals surface area contributed by atoms with Crippen molar-refractivity contribution in [2.24, 2.45) is 0 Å². The lowest BCUT2D eigenvalue weighted by Gasteiger charge is -2.33. The second-order valence-electron chi connectivity index (χ2n) is 8.79. The van der Waals surface area contributed by atoms with E-state index in [1.54, 1.807) is 59.8 Å². The molecule has 0 radical (unpaired) electrons. The van der Waals surface area contributed by atoms with Crippen LogP contribution < -0.4 is 4.90 Å². The third-order valence-corrected chi connectivity index (χ3v) is 6.20. The molecule has 1 unspecified atom stereocenters. The number of piperidine rings is 1. The third-order valence-electron chi connectivity index (χ3n) is 6.20. The van der Waals surface area contributed by atoms with E-state index in [-0.39, 0.29) is 17.6 Å². The van der Waals surface area contributed by atoms with Crippen LogP contribution in [0.4, 0.5) is 10.3 Å². The highest BCUT2D eigenvalue weighted by Gasteiger charge is 2.29. The maximum atomic E-state index is 14.7. The van der Waals surface area contributed by atoms with Crippen LogP contribution in [-0.2, 0) is 0 Å². The smallest absolute Gasteiger partial charge is 0.255 e. The Labute approximate surface area is 203 Å². The molecule has 35 heavy (non-hydrogen) atoms. The highest BCUT2D eigenvalue weighted by atomic mass is 19.1. The Bertz CT molecular complexity index is 1320. The first-order valence-electron chi connectivity index (χ1n) is 11.6. The van der Waals surface area contributed by atoms with Gasteiger partial charge < -0.3 is 9.80 Å². The van der Waals surface area contributed by atoms with Gasteiger partial charge in [0.2, 0.25) is 5.95 Å². The van der Waals surface area contributed by atoms with Crippen LogP contribution in [0, 0.1) is 5.82 Å². The molecule has 1 aromatic carbocycles. The molecule has 0 N–H and O–H groups in total. The van der Waals surface area contributed by atoms with Gasteiger partial charge in [0, 0.05) is 69.0 Å². The van der Waals surface area contributed by atoms with Crippen molar-refractivity contribution < 1.29 is 9.18 Å². The second-order valence-corrected chi connectivity index (χ2v) is 8.79. The lowest BCUT2D eigenvalue weighted by Crippen LogP contribution is -2.39. The molecule has 1 saturated heterocycles. The third kappa shape index (κ3) is 4.62. The van der Waals surface area contributed by atoms with E-state index in [1.165, 1.54) is 6.07 Å². The Balaban J connectivity index is 1.43. The number of aromatic nitrogens is 5. The van der Waals surface area contributed by atoms with Crippen LogP contribution in [0.2, 0.25) is 0 Å². The van der Waals surface area contributed by atoms with Gasteiger partial charge in [0.15, 0.2) is 5.82 Å². The average Bonchev–Trinajstić information content (AvgIpc) is 3.44. The molecule has 3 aromatic heterocycles. The van der Waals surface area contributed by atoms with Gasteiger partial charge in [0.05, 0.1) is 11.3 Å². The van der Waals surface area contributed by atoms with Gasteiger partial charge in [0.1, 0.15) is 5.82 Å². The number of likely N-dealkylation sites (tertiary alicyclic amines) is 1. The van der Waals surface area contributed by atoms with Crippen molar-refractivity contribution in [3.63, 3.8) is 0 Å². The number of nitrogens with zero attached hydrogens (tertiary/aromatic N) is 7.